The molecule has 1 aromatic heterocycles. The van der Waals surface area contributed by atoms with Gasteiger partial charge in [-0.3, -0.25) is 19.1 Å². The van der Waals surface area contributed by atoms with Gasteiger partial charge in [-0.05, 0) is 42.3 Å². The van der Waals surface area contributed by atoms with Gasteiger partial charge in [0.15, 0.2) is 5.69 Å². The number of benzene rings is 2. The first kappa shape index (κ1) is 23.9. The van der Waals surface area contributed by atoms with E-state index in [2.05, 4.69) is 15.7 Å². The summed E-state index contributed by atoms with van der Waals surface area (Å²) in [4.78, 5) is 40.1. The highest BCUT2D eigenvalue weighted by atomic mass is 19.1. The number of rotatable bonds is 7. The lowest BCUT2D eigenvalue weighted by atomic mass is 9.96. The van der Waals surface area contributed by atoms with E-state index in [4.69, 9.17) is 4.74 Å². The van der Waals surface area contributed by atoms with Gasteiger partial charge in [0.25, 0.3) is 11.8 Å². The molecule has 3 amide bonds. The first-order valence-electron chi connectivity index (χ1n) is 11.0. The van der Waals surface area contributed by atoms with Crippen molar-refractivity contribution < 1.29 is 23.5 Å². The van der Waals surface area contributed by atoms with Crippen LogP contribution in [0, 0.1) is 5.82 Å². The van der Waals surface area contributed by atoms with E-state index in [1.54, 1.807) is 45.3 Å². The highest BCUT2D eigenvalue weighted by Gasteiger charge is 2.46. The summed E-state index contributed by atoms with van der Waals surface area (Å²) in [6, 6.07) is 14.5. The number of hydrogen-bond acceptors (Lipinski definition) is 5. The molecule has 1 aliphatic heterocycles. The zero-order valence-electron chi connectivity index (χ0n) is 19.7. The molecule has 0 aliphatic carbocycles. The first-order valence-corrected chi connectivity index (χ1v) is 11.0. The lowest BCUT2D eigenvalue weighted by molar-refractivity contribution is -0.132. The molecule has 0 bridgehead atoms. The zero-order chi connectivity index (χ0) is 25.2. The van der Waals surface area contributed by atoms with Crippen molar-refractivity contribution in [3.8, 4) is 5.75 Å². The Kier molecular flexibility index (Phi) is 6.54. The Morgan fingerprint density at radius 3 is 2.29 bits per heavy atom. The Labute approximate surface area is 201 Å². The third-order valence-electron chi connectivity index (χ3n) is 6.20. The van der Waals surface area contributed by atoms with Crippen molar-refractivity contribution in [1.29, 1.82) is 0 Å². The van der Waals surface area contributed by atoms with Crippen LogP contribution in [0.1, 0.15) is 39.0 Å². The fourth-order valence-electron chi connectivity index (χ4n) is 3.83. The number of carbonyl (C=O) groups is 3. The minimum Gasteiger partial charge on any atom is -0.497 e. The molecule has 2 N–H and O–H groups in total. The van der Waals surface area contributed by atoms with Gasteiger partial charge in [-0.15, -0.1) is 0 Å². The van der Waals surface area contributed by atoms with Gasteiger partial charge in [-0.2, -0.15) is 5.10 Å². The van der Waals surface area contributed by atoms with Crippen LogP contribution in [0.3, 0.4) is 0 Å². The Balaban J connectivity index is 1.44. The largest absolute Gasteiger partial charge is 0.497 e. The maximum Gasteiger partial charge on any atom is 0.272 e. The molecule has 0 unspecified atom stereocenters. The molecule has 35 heavy (non-hydrogen) atoms. The molecule has 0 fully saturated rings. The smallest absolute Gasteiger partial charge is 0.272 e. The van der Waals surface area contributed by atoms with Gasteiger partial charge in [-0.1, -0.05) is 24.3 Å². The number of aromatic nitrogens is 2. The molecule has 0 radical (unpaired) electrons. The highest BCUT2D eigenvalue weighted by Crippen LogP contribution is 2.26. The van der Waals surface area contributed by atoms with Crippen molar-refractivity contribution >= 4 is 17.7 Å². The average Bonchev–Trinajstić information content (AvgIpc) is 3.29. The maximum absolute atomic E-state index is 13.1. The number of halogens is 1. The predicted octanol–water partition coefficient (Wildman–Crippen LogP) is 2.12. The van der Waals surface area contributed by atoms with Crippen LogP contribution < -0.4 is 15.4 Å². The second-order valence-corrected chi connectivity index (χ2v) is 8.55. The topological polar surface area (TPSA) is 106 Å². The van der Waals surface area contributed by atoms with Gasteiger partial charge in [0.1, 0.15) is 22.8 Å². The van der Waals surface area contributed by atoms with E-state index >= 15 is 0 Å². The van der Waals surface area contributed by atoms with Gasteiger partial charge in [0.05, 0.1) is 13.7 Å². The number of hydrogen-bond donors (Lipinski definition) is 2. The molecule has 10 heteroatoms. The van der Waals surface area contributed by atoms with E-state index in [0.717, 1.165) is 11.1 Å². The SMILES string of the molecule is COc1ccc(CNC(=O)c2cc3n(n2)C[C@](C)(C(=O)NCc2ccc(F)cc2)N(C)C3=O)cc1. The van der Waals surface area contributed by atoms with Crippen LogP contribution in [0.4, 0.5) is 4.39 Å². The average molecular weight is 480 g/mol. The lowest BCUT2D eigenvalue weighted by Crippen LogP contribution is -2.62. The minimum absolute atomic E-state index is 0.0750. The summed E-state index contributed by atoms with van der Waals surface area (Å²) < 4.78 is 19.6. The van der Waals surface area contributed by atoms with Gasteiger partial charge in [0, 0.05) is 26.2 Å². The van der Waals surface area contributed by atoms with Crippen molar-refractivity contribution in [2.45, 2.75) is 32.1 Å². The number of fused-ring (bicyclic) bond motifs is 1. The lowest BCUT2D eigenvalue weighted by Gasteiger charge is -2.40. The summed E-state index contributed by atoms with van der Waals surface area (Å²) in [5.74, 6) is -0.878. The summed E-state index contributed by atoms with van der Waals surface area (Å²) >= 11 is 0. The summed E-state index contributed by atoms with van der Waals surface area (Å²) in [6.07, 6.45) is 0. The van der Waals surface area contributed by atoms with Gasteiger partial charge in [-0.25, -0.2) is 4.39 Å². The molecule has 0 saturated heterocycles. The third-order valence-corrected chi connectivity index (χ3v) is 6.20. The Hall–Kier alpha value is -4.21. The third kappa shape index (κ3) is 4.86. The van der Waals surface area contributed by atoms with Crippen LogP contribution in [0.15, 0.2) is 54.6 Å². The van der Waals surface area contributed by atoms with Gasteiger partial charge < -0.3 is 20.3 Å². The van der Waals surface area contributed by atoms with Crippen molar-refractivity contribution in [3.63, 3.8) is 0 Å². The molecule has 2 heterocycles. The van der Waals surface area contributed by atoms with Crippen molar-refractivity contribution in [2.24, 2.45) is 0 Å². The molecule has 3 aromatic rings. The van der Waals surface area contributed by atoms with Gasteiger partial charge >= 0.3 is 0 Å². The quantitative estimate of drug-likeness (QED) is 0.540. The minimum atomic E-state index is -1.23. The van der Waals surface area contributed by atoms with Crippen LogP contribution in [0.5, 0.6) is 5.75 Å². The predicted molar refractivity (Wildman–Crippen MR) is 125 cm³/mol. The number of likely N-dealkylation sites (N-methyl/N-ethyl adjacent to an activating group) is 1. The van der Waals surface area contributed by atoms with Crippen LogP contribution in [-0.4, -0.2) is 52.1 Å². The van der Waals surface area contributed by atoms with E-state index in [9.17, 15) is 18.8 Å². The van der Waals surface area contributed by atoms with Crippen LogP contribution in [0.25, 0.3) is 0 Å². The number of nitrogens with one attached hydrogen (secondary N) is 2. The summed E-state index contributed by atoms with van der Waals surface area (Å²) in [5.41, 5.74) is 0.692. The summed E-state index contributed by atoms with van der Waals surface area (Å²) in [5, 5.41) is 9.89. The van der Waals surface area contributed by atoms with Crippen LogP contribution in [-0.2, 0) is 24.4 Å². The van der Waals surface area contributed by atoms with E-state index in [1.165, 1.54) is 27.8 Å². The molecular formula is C25H26FN5O4. The van der Waals surface area contributed by atoms with E-state index in [0.29, 0.717) is 5.75 Å². The van der Waals surface area contributed by atoms with Crippen molar-refractivity contribution in [3.05, 3.63) is 82.9 Å². The molecule has 0 saturated carbocycles. The van der Waals surface area contributed by atoms with Crippen LogP contribution >= 0.6 is 0 Å². The van der Waals surface area contributed by atoms with Crippen molar-refractivity contribution in [2.75, 3.05) is 14.2 Å². The number of amides is 3. The molecular weight excluding hydrogens is 453 g/mol. The first-order chi connectivity index (χ1) is 16.7. The Bertz CT molecular complexity index is 1260. The standard InChI is InChI=1S/C25H26FN5O4/c1-25(24(34)28-14-16-4-8-18(26)9-5-16)15-31-21(23(33)30(25)2)12-20(29-31)22(32)27-13-17-6-10-19(35-3)11-7-17/h4-12H,13-15H2,1-3H3,(H,27,32)(H,28,34)/t25-/m1/s1. The summed E-state index contributed by atoms with van der Waals surface area (Å²) in [7, 11) is 3.12. The number of nitrogens with zero attached hydrogens (tertiary/aromatic N) is 3. The second-order valence-electron chi connectivity index (χ2n) is 8.55. The molecule has 2 aromatic carbocycles. The van der Waals surface area contributed by atoms with Gasteiger partial charge in [0.2, 0.25) is 5.91 Å². The number of ether oxygens (including phenoxy) is 1. The highest BCUT2D eigenvalue weighted by molar-refractivity contribution is 6.01. The van der Waals surface area contributed by atoms with E-state index in [-0.39, 0.29) is 42.7 Å². The second kappa shape index (κ2) is 9.57. The van der Waals surface area contributed by atoms with E-state index < -0.39 is 17.4 Å². The molecule has 9 nitrogen and oxygen atoms in total. The number of carbonyl (C=O) groups excluding carboxylic acids is 3. The molecule has 1 aliphatic rings. The molecule has 0 spiro atoms. The fourth-order valence-corrected chi connectivity index (χ4v) is 3.83. The monoisotopic (exact) mass is 479 g/mol. The van der Waals surface area contributed by atoms with Crippen molar-refractivity contribution in [1.82, 2.24) is 25.3 Å². The van der Waals surface area contributed by atoms with E-state index in [1.807, 2.05) is 12.1 Å². The summed E-state index contributed by atoms with van der Waals surface area (Å²) in [6.45, 7) is 2.18. The number of methoxy groups -OCH3 is 1. The van der Waals surface area contributed by atoms with Crippen LogP contribution in [0.2, 0.25) is 0 Å². The molecule has 4 rings (SSSR count). The zero-order valence-corrected chi connectivity index (χ0v) is 19.7. The normalized spacial score (nSPS) is 17.0. The Morgan fingerprint density at radius 2 is 1.66 bits per heavy atom. The maximum atomic E-state index is 13.1. The fraction of sp³-hybridized carbons (Fsp3) is 0.280. The molecule has 1 atom stereocenters. The molecule has 182 valence electrons. The Morgan fingerprint density at radius 1 is 1.06 bits per heavy atom.